The maximum absolute atomic E-state index is 5.62. The van der Waals surface area contributed by atoms with E-state index in [0.29, 0.717) is 12.0 Å². The predicted octanol–water partition coefficient (Wildman–Crippen LogP) is 3.60. The van der Waals surface area contributed by atoms with Crippen LogP contribution in [0.3, 0.4) is 0 Å². The van der Waals surface area contributed by atoms with Crippen molar-refractivity contribution >= 4 is 0 Å². The Morgan fingerprint density at radius 3 is 2.40 bits per heavy atom. The molecule has 2 nitrogen and oxygen atoms in total. The number of hydrogen-bond acceptors (Lipinski definition) is 2. The van der Waals surface area contributed by atoms with Gasteiger partial charge < -0.3 is 4.74 Å². The highest BCUT2D eigenvalue weighted by Gasteiger charge is 2.25. The largest absolute Gasteiger partial charge is 0.373 e. The number of nitrogens with zero attached hydrogens (tertiary/aromatic N) is 1. The van der Waals surface area contributed by atoms with Crippen LogP contribution in [-0.2, 0) is 4.74 Å². The molecule has 0 N–H and O–H groups in total. The Kier molecular flexibility index (Phi) is 5.33. The van der Waals surface area contributed by atoms with E-state index in [-0.39, 0.29) is 0 Å². The second-order valence-electron chi connectivity index (χ2n) is 4.05. The van der Waals surface area contributed by atoms with Crippen molar-refractivity contribution < 1.29 is 4.74 Å². The highest BCUT2D eigenvalue weighted by atomic mass is 16.5. The second kappa shape index (κ2) is 6.57. The molecule has 1 saturated heterocycles. The first-order valence-electron chi connectivity index (χ1n) is 5.81. The summed E-state index contributed by atoms with van der Waals surface area (Å²) >= 11 is 0. The van der Waals surface area contributed by atoms with Crippen molar-refractivity contribution in [3.63, 3.8) is 0 Å². The highest BCUT2D eigenvalue weighted by molar-refractivity contribution is 5.14. The van der Waals surface area contributed by atoms with Crippen molar-refractivity contribution in [2.75, 3.05) is 6.61 Å². The van der Waals surface area contributed by atoms with Crippen molar-refractivity contribution in [1.29, 1.82) is 0 Å². The molecule has 0 aliphatic carbocycles. The van der Waals surface area contributed by atoms with Crippen LogP contribution in [0, 0.1) is 5.92 Å². The van der Waals surface area contributed by atoms with Crippen LogP contribution in [0.2, 0.25) is 0 Å². The van der Waals surface area contributed by atoms with Gasteiger partial charge in [0, 0.05) is 19.0 Å². The van der Waals surface area contributed by atoms with E-state index in [2.05, 4.69) is 25.8 Å². The molecule has 1 fully saturated rings. The van der Waals surface area contributed by atoms with Crippen LogP contribution in [0.5, 0.6) is 0 Å². The Morgan fingerprint density at radius 1 is 1.33 bits per heavy atom. The third kappa shape index (κ3) is 3.63. The number of hydrogen-bond donors (Lipinski definition) is 0. The number of ether oxygens (including phenoxy) is 1. The zero-order chi connectivity index (χ0) is 11.1. The summed E-state index contributed by atoms with van der Waals surface area (Å²) in [5.74, 6) is 0.646. The average molecular weight is 207 g/mol. The minimum Gasteiger partial charge on any atom is -0.373 e. The lowest BCUT2D eigenvalue weighted by Gasteiger charge is -2.13. The quantitative estimate of drug-likeness (QED) is 0.702. The number of pyridine rings is 1. The summed E-state index contributed by atoms with van der Waals surface area (Å²) in [6, 6.07) is 4.07. The van der Waals surface area contributed by atoms with Crippen LogP contribution >= 0.6 is 0 Å². The van der Waals surface area contributed by atoms with Crippen LogP contribution < -0.4 is 0 Å². The molecule has 2 heteroatoms. The minimum atomic E-state index is 0.299. The maximum Gasteiger partial charge on any atom is 0.0852 e. The summed E-state index contributed by atoms with van der Waals surface area (Å²) < 4.78 is 5.62. The third-order valence-corrected chi connectivity index (χ3v) is 2.42. The molecule has 1 aromatic rings. The Morgan fingerprint density at radius 2 is 1.93 bits per heavy atom. The molecule has 1 aliphatic rings. The number of rotatable bonds is 1. The Bertz CT molecular complexity index is 260. The number of aromatic nitrogens is 1. The van der Waals surface area contributed by atoms with Gasteiger partial charge >= 0.3 is 0 Å². The van der Waals surface area contributed by atoms with Gasteiger partial charge in [-0.3, -0.25) is 4.98 Å². The van der Waals surface area contributed by atoms with E-state index in [9.17, 15) is 0 Å². The summed E-state index contributed by atoms with van der Waals surface area (Å²) in [5, 5.41) is 0. The van der Waals surface area contributed by atoms with E-state index < -0.39 is 0 Å². The topological polar surface area (TPSA) is 22.1 Å². The molecule has 0 bridgehead atoms. The van der Waals surface area contributed by atoms with Gasteiger partial charge in [-0.1, -0.05) is 27.2 Å². The zero-order valence-electron chi connectivity index (χ0n) is 9.94. The van der Waals surface area contributed by atoms with E-state index in [4.69, 9.17) is 4.74 Å². The molecule has 0 aromatic carbocycles. The van der Waals surface area contributed by atoms with Gasteiger partial charge in [0.05, 0.1) is 6.10 Å². The molecule has 1 aromatic heterocycles. The van der Waals surface area contributed by atoms with Crippen LogP contribution in [-0.4, -0.2) is 11.6 Å². The molecule has 2 rings (SSSR count). The van der Waals surface area contributed by atoms with E-state index >= 15 is 0 Å². The van der Waals surface area contributed by atoms with Crippen LogP contribution in [0.25, 0.3) is 0 Å². The summed E-state index contributed by atoms with van der Waals surface area (Å²) in [6.07, 6.45) is 6.37. The first-order chi connectivity index (χ1) is 7.29. The fourth-order valence-corrected chi connectivity index (χ4v) is 1.67. The molecule has 2 unspecified atom stereocenters. The monoisotopic (exact) mass is 207 g/mol. The summed E-state index contributed by atoms with van der Waals surface area (Å²) in [4.78, 5) is 3.99. The average Bonchev–Trinajstić information content (AvgIpc) is 2.67. The van der Waals surface area contributed by atoms with Gasteiger partial charge in [0.2, 0.25) is 0 Å². The molecule has 2 heterocycles. The van der Waals surface area contributed by atoms with Crippen molar-refractivity contribution in [3.8, 4) is 0 Å². The lowest BCUT2D eigenvalue weighted by molar-refractivity contribution is 0.0944. The van der Waals surface area contributed by atoms with Crippen molar-refractivity contribution in [1.82, 2.24) is 4.98 Å². The molecule has 84 valence electrons. The van der Waals surface area contributed by atoms with Crippen LogP contribution in [0.1, 0.15) is 45.3 Å². The van der Waals surface area contributed by atoms with Crippen LogP contribution in [0.15, 0.2) is 24.5 Å². The van der Waals surface area contributed by atoms with Gasteiger partial charge in [-0.2, -0.15) is 0 Å². The maximum atomic E-state index is 5.62. The predicted molar refractivity (Wildman–Crippen MR) is 62.7 cm³/mol. The molecule has 15 heavy (non-hydrogen) atoms. The fraction of sp³-hybridized carbons (Fsp3) is 0.615. The smallest absolute Gasteiger partial charge is 0.0852 e. The first kappa shape index (κ1) is 12.2. The van der Waals surface area contributed by atoms with Gasteiger partial charge in [0.15, 0.2) is 0 Å². The first-order valence-corrected chi connectivity index (χ1v) is 5.81. The van der Waals surface area contributed by atoms with E-state index in [1.54, 1.807) is 0 Å². The normalized spacial score (nSPS) is 24.5. The van der Waals surface area contributed by atoms with Crippen molar-refractivity contribution in [2.24, 2.45) is 5.92 Å². The molecule has 0 radical (unpaired) electrons. The molecular formula is C13H21NO. The summed E-state index contributed by atoms with van der Waals surface area (Å²) in [5.41, 5.74) is 1.26. The lowest BCUT2D eigenvalue weighted by atomic mass is 9.98. The molecule has 0 spiro atoms. The highest BCUT2D eigenvalue weighted by Crippen LogP contribution is 2.33. The van der Waals surface area contributed by atoms with Crippen molar-refractivity contribution in [2.45, 2.75) is 39.7 Å². The summed E-state index contributed by atoms with van der Waals surface area (Å²) in [6.45, 7) is 7.38. The van der Waals surface area contributed by atoms with Crippen molar-refractivity contribution in [3.05, 3.63) is 30.1 Å². The molecule has 1 aliphatic heterocycles. The Labute approximate surface area is 92.7 Å². The molecule has 2 atom stereocenters. The van der Waals surface area contributed by atoms with Gasteiger partial charge in [-0.15, -0.1) is 0 Å². The molecule has 0 amide bonds. The Hall–Kier alpha value is -0.890. The van der Waals surface area contributed by atoms with E-state index in [0.717, 1.165) is 6.61 Å². The van der Waals surface area contributed by atoms with Gasteiger partial charge in [-0.25, -0.2) is 0 Å². The Balaban J connectivity index is 0.000000337. The summed E-state index contributed by atoms with van der Waals surface area (Å²) in [7, 11) is 0. The van der Waals surface area contributed by atoms with Crippen LogP contribution in [0.4, 0.5) is 0 Å². The minimum absolute atomic E-state index is 0.299. The lowest BCUT2D eigenvalue weighted by Crippen LogP contribution is -2.03. The van der Waals surface area contributed by atoms with Gasteiger partial charge in [0.1, 0.15) is 0 Å². The standard InChI is InChI=1S/C10H13NO.C3H8/c1-8-4-7-12-10(8)9-2-5-11-6-3-9;1-3-2/h2-3,5-6,8,10H,4,7H2,1H3;3H2,1-2H3. The van der Waals surface area contributed by atoms with Gasteiger partial charge in [-0.05, 0) is 30.0 Å². The van der Waals surface area contributed by atoms with E-state index in [1.165, 1.54) is 18.4 Å². The molecular weight excluding hydrogens is 186 g/mol. The zero-order valence-corrected chi connectivity index (χ0v) is 9.94. The molecule has 0 saturated carbocycles. The SMILES string of the molecule is CC1CCOC1c1ccncc1.CCC. The van der Waals surface area contributed by atoms with E-state index in [1.807, 2.05) is 24.5 Å². The van der Waals surface area contributed by atoms with Gasteiger partial charge in [0.25, 0.3) is 0 Å². The second-order valence-corrected chi connectivity index (χ2v) is 4.05. The fourth-order valence-electron chi connectivity index (χ4n) is 1.67. The third-order valence-electron chi connectivity index (χ3n) is 2.42.